The molecule has 1 aromatic carbocycles. The first-order chi connectivity index (χ1) is 16.3. The summed E-state index contributed by atoms with van der Waals surface area (Å²) in [5.74, 6) is -12.8. The molecule has 0 amide bonds. The summed E-state index contributed by atoms with van der Waals surface area (Å²) < 4.78 is 80.6. The lowest BCUT2D eigenvalue weighted by Gasteiger charge is -2.10. The van der Waals surface area contributed by atoms with E-state index in [9.17, 15) is 31.5 Å². The van der Waals surface area contributed by atoms with Gasteiger partial charge in [-0.3, -0.25) is 9.59 Å². The van der Waals surface area contributed by atoms with E-state index in [-0.39, 0.29) is 12.4 Å². The highest BCUT2D eigenvalue weighted by Gasteiger charge is 2.27. The molecule has 0 aliphatic carbocycles. The number of carbonyl (C=O) groups excluding carboxylic acids is 2. The van der Waals surface area contributed by atoms with Crippen LogP contribution < -0.4 is 4.74 Å². The van der Waals surface area contributed by atoms with E-state index in [1.54, 1.807) is 0 Å². The van der Waals surface area contributed by atoms with E-state index in [1.807, 2.05) is 0 Å². The Hall–Kier alpha value is -2.39. The van der Waals surface area contributed by atoms with Gasteiger partial charge in [-0.1, -0.05) is 51.9 Å². The predicted octanol–water partition coefficient (Wildman–Crippen LogP) is 6.55. The molecule has 1 rings (SSSR count). The molecule has 0 saturated carbocycles. The van der Waals surface area contributed by atoms with Gasteiger partial charge in [0, 0.05) is 12.8 Å². The van der Waals surface area contributed by atoms with E-state index < -0.39 is 54.0 Å². The minimum absolute atomic E-state index is 0.132. The molecule has 0 fully saturated rings. The van der Waals surface area contributed by atoms with Crippen LogP contribution in [0.4, 0.5) is 22.0 Å². The highest BCUT2D eigenvalue weighted by atomic mass is 19.2. The zero-order valence-electron chi connectivity index (χ0n) is 19.5. The standard InChI is InChI=1S/C24H33F5O5/c1-2-3-4-11-14-32-17(30)12-9-7-5-6-8-10-13-18(31)33-15-16-34-24-22(28)20(26)19(25)21(27)23(24)29/h2-16H2,1H3. The number of benzene rings is 1. The molecule has 0 aliphatic rings. The van der Waals surface area contributed by atoms with E-state index in [0.717, 1.165) is 57.8 Å². The van der Waals surface area contributed by atoms with Crippen LogP contribution in [0.2, 0.25) is 0 Å². The van der Waals surface area contributed by atoms with Gasteiger partial charge in [-0.25, -0.2) is 13.2 Å². The quantitative estimate of drug-likeness (QED) is 0.0759. The molecule has 0 unspecified atom stereocenters. The highest BCUT2D eigenvalue weighted by Crippen LogP contribution is 2.29. The van der Waals surface area contributed by atoms with Crippen LogP contribution in [0.3, 0.4) is 0 Å². The van der Waals surface area contributed by atoms with Gasteiger partial charge < -0.3 is 14.2 Å². The topological polar surface area (TPSA) is 61.8 Å². The van der Waals surface area contributed by atoms with Crippen LogP contribution in [0.15, 0.2) is 0 Å². The molecule has 1 aromatic rings. The Morgan fingerprint density at radius 1 is 0.559 bits per heavy atom. The second-order valence-corrected chi connectivity index (χ2v) is 7.87. The first-order valence-electron chi connectivity index (χ1n) is 11.7. The molecule has 34 heavy (non-hydrogen) atoms. The van der Waals surface area contributed by atoms with Crippen molar-refractivity contribution >= 4 is 11.9 Å². The van der Waals surface area contributed by atoms with E-state index in [0.29, 0.717) is 19.4 Å². The summed E-state index contributed by atoms with van der Waals surface area (Å²) in [6.45, 7) is 1.65. The van der Waals surface area contributed by atoms with Crippen LogP contribution in [0.25, 0.3) is 0 Å². The van der Waals surface area contributed by atoms with Gasteiger partial charge in [0.05, 0.1) is 6.61 Å². The summed E-state index contributed by atoms with van der Waals surface area (Å²) in [5, 5.41) is 0. The van der Waals surface area contributed by atoms with E-state index in [2.05, 4.69) is 11.7 Å². The third-order valence-electron chi connectivity index (χ3n) is 5.04. The van der Waals surface area contributed by atoms with Crippen LogP contribution in [0, 0.1) is 29.1 Å². The van der Waals surface area contributed by atoms with Crippen LogP contribution in [-0.4, -0.2) is 31.8 Å². The SMILES string of the molecule is CCCCCCOC(=O)CCCCCCCCC(=O)OCCOc1c(F)c(F)c(F)c(F)c1F. The first-order valence-corrected chi connectivity index (χ1v) is 11.7. The minimum atomic E-state index is -2.27. The number of carbonyl (C=O) groups is 2. The molecule has 0 bridgehead atoms. The summed E-state index contributed by atoms with van der Waals surface area (Å²) in [4.78, 5) is 23.2. The van der Waals surface area contributed by atoms with Crippen LogP contribution >= 0.6 is 0 Å². The summed E-state index contributed by atoms with van der Waals surface area (Å²) in [7, 11) is 0. The van der Waals surface area contributed by atoms with Crippen molar-refractivity contribution in [1.82, 2.24) is 0 Å². The molecule has 0 aliphatic heterocycles. The number of hydrogen-bond acceptors (Lipinski definition) is 5. The normalized spacial score (nSPS) is 10.9. The van der Waals surface area contributed by atoms with Crippen LogP contribution in [0.5, 0.6) is 5.75 Å². The Kier molecular flexibility index (Phi) is 14.9. The molecule has 0 radical (unpaired) electrons. The van der Waals surface area contributed by atoms with Gasteiger partial charge in [0.2, 0.25) is 29.1 Å². The third-order valence-corrected chi connectivity index (χ3v) is 5.04. The molecule has 0 heterocycles. The lowest BCUT2D eigenvalue weighted by atomic mass is 10.1. The lowest BCUT2D eigenvalue weighted by molar-refractivity contribution is -0.145. The Balaban J connectivity index is 2.03. The van der Waals surface area contributed by atoms with Crippen molar-refractivity contribution in [1.29, 1.82) is 0 Å². The number of esters is 2. The summed E-state index contributed by atoms with van der Waals surface area (Å²) in [5.41, 5.74) is 0. The number of rotatable bonds is 18. The van der Waals surface area contributed by atoms with Crippen molar-refractivity contribution < 1.29 is 45.8 Å². The van der Waals surface area contributed by atoms with Crippen molar-refractivity contribution in [3.8, 4) is 5.75 Å². The van der Waals surface area contributed by atoms with Gasteiger partial charge in [-0.2, -0.15) is 8.78 Å². The van der Waals surface area contributed by atoms with Crippen LogP contribution in [0.1, 0.15) is 84.0 Å². The van der Waals surface area contributed by atoms with Crippen molar-refractivity contribution in [3.63, 3.8) is 0 Å². The largest absolute Gasteiger partial charge is 0.484 e. The number of hydrogen-bond donors (Lipinski definition) is 0. The van der Waals surface area contributed by atoms with Gasteiger partial charge in [-0.05, 0) is 19.3 Å². The van der Waals surface area contributed by atoms with Crippen LogP contribution in [-0.2, 0) is 19.1 Å². The van der Waals surface area contributed by atoms with Gasteiger partial charge in [0.25, 0.3) is 0 Å². The number of ether oxygens (including phenoxy) is 3. The van der Waals surface area contributed by atoms with Gasteiger partial charge in [0.1, 0.15) is 13.2 Å². The predicted molar refractivity (Wildman–Crippen MR) is 115 cm³/mol. The maximum atomic E-state index is 13.5. The fourth-order valence-electron chi connectivity index (χ4n) is 3.12. The van der Waals surface area contributed by atoms with E-state index in [4.69, 9.17) is 9.47 Å². The summed E-state index contributed by atoms with van der Waals surface area (Å²) in [6, 6.07) is 0. The Bertz CT molecular complexity index is 744. The van der Waals surface area contributed by atoms with Crippen molar-refractivity contribution in [2.24, 2.45) is 0 Å². The maximum absolute atomic E-state index is 13.5. The molecular weight excluding hydrogens is 463 g/mol. The van der Waals surface area contributed by atoms with Gasteiger partial charge in [0.15, 0.2) is 5.75 Å². The van der Waals surface area contributed by atoms with Gasteiger partial charge >= 0.3 is 11.9 Å². The third kappa shape index (κ3) is 11.2. The monoisotopic (exact) mass is 496 g/mol. The van der Waals surface area contributed by atoms with Crippen molar-refractivity contribution in [3.05, 3.63) is 29.1 Å². The lowest BCUT2D eigenvalue weighted by Crippen LogP contribution is -2.14. The highest BCUT2D eigenvalue weighted by molar-refractivity contribution is 5.69. The maximum Gasteiger partial charge on any atom is 0.305 e. The molecule has 0 spiro atoms. The van der Waals surface area contributed by atoms with Gasteiger partial charge in [-0.15, -0.1) is 0 Å². The van der Waals surface area contributed by atoms with E-state index >= 15 is 0 Å². The fourth-order valence-corrected chi connectivity index (χ4v) is 3.12. The molecule has 0 N–H and O–H groups in total. The summed E-state index contributed by atoms with van der Waals surface area (Å²) in [6.07, 6.45) is 9.65. The minimum Gasteiger partial charge on any atom is -0.484 e. The second kappa shape index (κ2) is 17.1. The molecule has 5 nitrogen and oxygen atoms in total. The zero-order valence-corrected chi connectivity index (χ0v) is 19.5. The van der Waals surface area contributed by atoms with Crippen molar-refractivity contribution in [2.75, 3.05) is 19.8 Å². The molecule has 0 aromatic heterocycles. The molecule has 194 valence electrons. The smallest absolute Gasteiger partial charge is 0.305 e. The average Bonchev–Trinajstić information content (AvgIpc) is 2.82. The molecule has 10 heteroatoms. The Morgan fingerprint density at radius 2 is 1.00 bits per heavy atom. The average molecular weight is 497 g/mol. The first kappa shape index (κ1) is 29.6. The fraction of sp³-hybridized carbons (Fsp3) is 0.667. The molecular formula is C24H33F5O5. The van der Waals surface area contributed by atoms with Crippen molar-refractivity contribution in [2.45, 2.75) is 84.0 Å². The Morgan fingerprint density at radius 3 is 1.53 bits per heavy atom. The zero-order chi connectivity index (χ0) is 25.3. The van der Waals surface area contributed by atoms with E-state index in [1.165, 1.54) is 0 Å². The second-order valence-electron chi connectivity index (χ2n) is 7.87. The molecule has 0 saturated heterocycles. The number of halogens is 5. The Labute approximate surface area is 196 Å². The molecule has 0 atom stereocenters. The number of unbranched alkanes of at least 4 members (excludes halogenated alkanes) is 8. The summed E-state index contributed by atoms with van der Waals surface area (Å²) >= 11 is 0.